The second-order valence-electron chi connectivity index (χ2n) is 11.5. The van der Waals surface area contributed by atoms with Gasteiger partial charge in [-0.2, -0.15) is 9.97 Å². The summed E-state index contributed by atoms with van der Waals surface area (Å²) in [5.41, 5.74) is 6.10. The molecule has 1 atom stereocenters. The minimum Gasteiger partial charge on any atom is -0.492 e. The van der Waals surface area contributed by atoms with Crippen LogP contribution < -0.4 is 26.6 Å². The molecule has 18 heteroatoms. The topological polar surface area (TPSA) is 242 Å². The number of aromatic hydroxyl groups is 1. The van der Waals surface area contributed by atoms with Gasteiger partial charge in [0.1, 0.15) is 11.6 Å². The van der Waals surface area contributed by atoms with Crippen LogP contribution in [-0.2, 0) is 28.5 Å². The van der Waals surface area contributed by atoms with Gasteiger partial charge >= 0.3 is 12.1 Å². The van der Waals surface area contributed by atoms with Gasteiger partial charge in [0.05, 0.1) is 39.7 Å². The number of nitrogens with zero attached hydrogens (tertiary/aromatic N) is 5. The Morgan fingerprint density at radius 1 is 0.959 bits per heavy atom. The molecule has 2 heterocycles. The summed E-state index contributed by atoms with van der Waals surface area (Å²) in [4.78, 5) is 67.1. The molecule has 1 unspecified atom stereocenters. The maximum atomic E-state index is 13.0. The van der Waals surface area contributed by atoms with E-state index in [-0.39, 0.29) is 54.6 Å². The van der Waals surface area contributed by atoms with Crippen LogP contribution in [0, 0.1) is 0 Å². The van der Waals surface area contributed by atoms with Gasteiger partial charge in [-0.3, -0.25) is 9.59 Å². The Balaban J connectivity index is 1.38. The van der Waals surface area contributed by atoms with Crippen molar-refractivity contribution in [2.45, 2.75) is 45.3 Å². The second kappa shape index (κ2) is 18.3. The molecule has 0 saturated carbocycles. The number of nitrogens with one attached hydrogen (secondary N) is 3. The van der Waals surface area contributed by atoms with E-state index in [4.69, 9.17) is 24.7 Å². The van der Waals surface area contributed by atoms with Crippen molar-refractivity contribution in [1.29, 1.82) is 0 Å². The average molecular weight is 686 g/mol. The van der Waals surface area contributed by atoms with E-state index in [9.17, 15) is 24.3 Å². The maximum absolute atomic E-state index is 13.0. The van der Waals surface area contributed by atoms with E-state index in [1.165, 1.54) is 13.3 Å². The number of esters is 1. The Morgan fingerprint density at radius 3 is 2.24 bits per heavy atom. The number of ether oxygens (including phenoxy) is 4. The van der Waals surface area contributed by atoms with E-state index >= 15 is 0 Å². The molecule has 0 bridgehead atoms. The first-order valence-corrected chi connectivity index (χ1v) is 15.4. The van der Waals surface area contributed by atoms with Crippen LogP contribution in [0.5, 0.6) is 5.88 Å². The smallest absolute Gasteiger partial charge is 0.407 e. The molecule has 0 aliphatic carbocycles. The summed E-state index contributed by atoms with van der Waals surface area (Å²) in [5.74, 6) is -1.71. The number of nitrogen functional groups attached to an aromatic ring is 1. The lowest BCUT2D eigenvalue weighted by Gasteiger charge is -2.19. The van der Waals surface area contributed by atoms with Gasteiger partial charge in [0.2, 0.25) is 17.7 Å². The van der Waals surface area contributed by atoms with Crippen LogP contribution in [-0.4, -0.2) is 114 Å². The fourth-order valence-electron chi connectivity index (χ4n) is 4.15. The molecule has 0 saturated heterocycles. The van der Waals surface area contributed by atoms with Crippen LogP contribution in [0.1, 0.15) is 44.0 Å². The summed E-state index contributed by atoms with van der Waals surface area (Å²) in [5, 5.41) is 18.0. The Kier molecular flexibility index (Phi) is 14.2. The minimum absolute atomic E-state index is 0.0138. The van der Waals surface area contributed by atoms with Gasteiger partial charge in [-0.05, 0) is 51.5 Å². The highest BCUT2D eigenvalue weighted by atomic mass is 16.6. The number of benzene rings is 1. The van der Waals surface area contributed by atoms with Gasteiger partial charge in [0, 0.05) is 37.8 Å². The molecule has 1 aromatic carbocycles. The van der Waals surface area contributed by atoms with Crippen LogP contribution in [0.2, 0.25) is 0 Å². The van der Waals surface area contributed by atoms with E-state index < -0.39 is 35.5 Å². The number of carbonyl (C=O) groups excluding carboxylic acids is 4. The van der Waals surface area contributed by atoms with E-state index in [0.717, 1.165) is 0 Å². The monoisotopic (exact) mass is 685 g/mol. The summed E-state index contributed by atoms with van der Waals surface area (Å²) >= 11 is 0. The van der Waals surface area contributed by atoms with Crippen molar-refractivity contribution in [1.82, 2.24) is 35.9 Å². The largest absolute Gasteiger partial charge is 0.492 e. The molecule has 0 fully saturated rings. The normalized spacial score (nSPS) is 11.8. The first-order valence-electron chi connectivity index (χ1n) is 15.4. The Hall–Kier alpha value is -5.36. The van der Waals surface area contributed by atoms with Crippen molar-refractivity contribution in [2.75, 3.05) is 64.3 Å². The van der Waals surface area contributed by atoms with Crippen LogP contribution in [0.3, 0.4) is 0 Å². The zero-order valence-electron chi connectivity index (χ0n) is 28.1. The number of alkyl carbamates (subject to hydrolysis) is 1. The molecule has 266 valence electrons. The summed E-state index contributed by atoms with van der Waals surface area (Å²) in [6.07, 6.45) is 0.907. The van der Waals surface area contributed by atoms with Crippen molar-refractivity contribution >= 4 is 52.5 Å². The number of hydrogen-bond donors (Lipinski definition) is 5. The average Bonchev–Trinajstić information content (AvgIpc) is 3.05. The third-order valence-electron chi connectivity index (χ3n) is 6.56. The van der Waals surface area contributed by atoms with E-state index in [2.05, 4.69) is 35.9 Å². The number of nitrogens with two attached hydrogens (primary N) is 1. The number of rotatable bonds is 17. The molecule has 49 heavy (non-hydrogen) atoms. The van der Waals surface area contributed by atoms with Crippen molar-refractivity contribution < 1.29 is 43.2 Å². The van der Waals surface area contributed by atoms with Crippen molar-refractivity contribution in [2.24, 2.45) is 0 Å². The Bertz CT molecular complexity index is 1580. The first-order chi connectivity index (χ1) is 23.3. The fraction of sp³-hybridized carbons (Fsp3) is 0.484. The van der Waals surface area contributed by atoms with Crippen LogP contribution >= 0.6 is 0 Å². The predicted molar refractivity (Wildman–Crippen MR) is 177 cm³/mol. The number of fused-ring (bicyclic) bond motifs is 1. The maximum Gasteiger partial charge on any atom is 0.407 e. The van der Waals surface area contributed by atoms with Crippen molar-refractivity contribution in [3.8, 4) is 5.88 Å². The molecule has 0 aliphatic rings. The number of aromatic nitrogens is 4. The van der Waals surface area contributed by atoms with Gasteiger partial charge in [0.15, 0.2) is 17.0 Å². The number of anilines is 3. The molecule has 0 aliphatic heterocycles. The lowest BCUT2D eigenvalue weighted by atomic mass is 10.1. The summed E-state index contributed by atoms with van der Waals surface area (Å²) in [6, 6.07) is 5.40. The van der Waals surface area contributed by atoms with E-state index in [1.807, 2.05) is 0 Å². The highest BCUT2D eigenvalue weighted by Crippen LogP contribution is 2.25. The number of methoxy groups -OCH3 is 1. The lowest BCUT2D eigenvalue weighted by molar-refractivity contribution is -0.143. The van der Waals surface area contributed by atoms with Crippen molar-refractivity contribution in [3.63, 3.8) is 0 Å². The molecule has 6 N–H and O–H groups in total. The first kappa shape index (κ1) is 38.1. The summed E-state index contributed by atoms with van der Waals surface area (Å²) < 4.78 is 20.7. The minimum atomic E-state index is -1.05. The Labute approximate surface area is 283 Å². The zero-order valence-corrected chi connectivity index (χ0v) is 28.1. The number of hydrogen-bond acceptors (Lipinski definition) is 15. The van der Waals surface area contributed by atoms with Crippen LogP contribution in [0.25, 0.3) is 11.2 Å². The highest BCUT2D eigenvalue weighted by Gasteiger charge is 2.23. The third-order valence-corrected chi connectivity index (χ3v) is 6.56. The second-order valence-corrected chi connectivity index (χ2v) is 11.5. The molecular formula is C31H43N9O9. The van der Waals surface area contributed by atoms with Crippen LogP contribution in [0.4, 0.5) is 22.2 Å². The molecule has 18 nitrogen and oxygen atoms in total. The standard InChI is InChI=1S/C31H43N9O9/c1-31(2,3)49-30(45)34-13-15-48-17-16-47-14-12-33-23(41)11-10-21(28(44)46-5)36-26(42)19-6-8-20(9-7-19)40(4)22-18-35-25-24(37-22)27(43)39-29(32)38-25/h6-9,18,21H,10-17H2,1-5H3,(H,33,41)(H,34,45)(H,36,42)(H3,32,35,38,39,43). The third kappa shape index (κ3) is 12.6. The molecule has 3 rings (SSSR count). The van der Waals surface area contributed by atoms with Crippen molar-refractivity contribution in [3.05, 3.63) is 36.0 Å². The molecule has 3 amide bonds. The molecule has 3 aromatic rings. The highest BCUT2D eigenvalue weighted by molar-refractivity contribution is 5.97. The van der Waals surface area contributed by atoms with Gasteiger partial charge in [-0.15, -0.1) is 0 Å². The molecule has 2 aromatic heterocycles. The summed E-state index contributed by atoms with van der Waals surface area (Å²) in [6.45, 7) is 7.01. The molecule has 0 spiro atoms. The zero-order chi connectivity index (χ0) is 36.0. The van der Waals surface area contributed by atoms with Crippen LogP contribution in [0.15, 0.2) is 30.5 Å². The number of carbonyl (C=O) groups is 4. The van der Waals surface area contributed by atoms with Gasteiger partial charge in [-0.25, -0.2) is 19.6 Å². The molecular weight excluding hydrogens is 642 g/mol. The SMILES string of the molecule is COC(=O)C(CCC(=O)NCCOCCOCCNC(=O)OC(C)(C)C)NC(=O)c1ccc(N(C)c2cnc3nc(N)nc(O)c3n2)cc1. The van der Waals surface area contributed by atoms with Gasteiger partial charge < -0.3 is 50.6 Å². The van der Waals surface area contributed by atoms with Gasteiger partial charge in [0.25, 0.3) is 5.91 Å². The molecule has 0 radical (unpaired) electrons. The fourth-order valence-corrected chi connectivity index (χ4v) is 4.15. The van der Waals surface area contributed by atoms with Gasteiger partial charge in [-0.1, -0.05) is 0 Å². The predicted octanol–water partition coefficient (Wildman–Crippen LogP) is 1.20. The Morgan fingerprint density at radius 2 is 1.61 bits per heavy atom. The number of amides is 3. The van der Waals surface area contributed by atoms with E-state index in [1.54, 1.807) is 57.0 Å². The van der Waals surface area contributed by atoms with E-state index in [0.29, 0.717) is 37.9 Å². The lowest BCUT2D eigenvalue weighted by Crippen LogP contribution is -2.42. The quantitative estimate of drug-likeness (QED) is 0.0990. The summed E-state index contributed by atoms with van der Waals surface area (Å²) in [7, 11) is 2.91.